The van der Waals surface area contributed by atoms with Crippen LogP contribution in [0.1, 0.15) is 38.5 Å². The molecule has 0 aromatic carbocycles. The van der Waals surface area contributed by atoms with Crippen molar-refractivity contribution in [2.24, 2.45) is 5.84 Å². The molecule has 0 unspecified atom stereocenters. The molecule has 0 radical (unpaired) electrons. The second kappa shape index (κ2) is 3.87. The van der Waals surface area contributed by atoms with E-state index in [4.69, 9.17) is 5.84 Å². The van der Waals surface area contributed by atoms with E-state index < -0.39 is 5.60 Å². The molecule has 1 aliphatic carbocycles. The molecule has 0 spiro atoms. The molecule has 0 aromatic heterocycles. The number of amides is 1. The van der Waals surface area contributed by atoms with Crippen molar-refractivity contribution in [3.05, 3.63) is 0 Å². The predicted molar refractivity (Wildman–Crippen MR) is 45.0 cm³/mol. The molecule has 4 N–H and O–H groups in total. The first-order chi connectivity index (χ1) is 5.66. The van der Waals surface area contributed by atoms with E-state index in [1.807, 2.05) is 5.43 Å². The Balaban J connectivity index is 2.41. The van der Waals surface area contributed by atoms with E-state index in [2.05, 4.69) is 0 Å². The fraction of sp³-hybridized carbons (Fsp3) is 0.875. The molecule has 1 fully saturated rings. The van der Waals surface area contributed by atoms with Gasteiger partial charge in [-0.2, -0.15) is 0 Å². The van der Waals surface area contributed by atoms with Gasteiger partial charge in [0.2, 0.25) is 5.91 Å². The van der Waals surface area contributed by atoms with Crippen LogP contribution in [0.4, 0.5) is 0 Å². The van der Waals surface area contributed by atoms with Crippen LogP contribution in [0.2, 0.25) is 0 Å². The lowest BCUT2D eigenvalue weighted by Gasteiger charge is -2.31. The van der Waals surface area contributed by atoms with Gasteiger partial charge in [0.25, 0.3) is 0 Å². The first-order valence-electron chi connectivity index (χ1n) is 4.38. The van der Waals surface area contributed by atoms with Crippen LogP contribution in [0, 0.1) is 0 Å². The predicted octanol–water partition coefficient (Wildman–Crippen LogP) is 0.0616. The largest absolute Gasteiger partial charge is 0.389 e. The molecule has 1 amide bonds. The Hall–Kier alpha value is -0.610. The van der Waals surface area contributed by atoms with Gasteiger partial charge in [0.15, 0.2) is 0 Å². The first-order valence-corrected chi connectivity index (χ1v) is 4.38. The number of hydrogen-bond acceptors (Lipinski definition) is 3. The molecule has 1 rings (SSSR count). The normalized spacial score (nSPS) is 21.8. The van der Waals surface area contributed by atoms with Gasteiger partial charge in [-0.1, -0.05) is 19.3 Å². The van der Waals surface area contributed by atoms with Gasteiger partial charge in [0.1, 0.15) is 0 Å². The van der Waals surface area contributed by atoms with Gasteiger partial charge < -0.3 is 5.11 Å². The van der Waals surface area contributed by atoms with Gasteiger partial charge in [-0.25, -0.2) is 5.84 Å². The van der Waals surface area contributed by atoms with Gasteiger partial charge in [0.05, 0.1) is 12.0 Å². The Bertz CT molecular complexity index is 164. The van der Waals surface area contributed by atoms with Crippen LogP contribution in [-0.2, 0) is 4.79 Å². The van der Waals surface area contributed by atoms with E-state index in [-0.39, 0.29) is 12.3 Å². The molecule has 0 heterocycles. The molecule has 0 bridgehead atoms. The van der Waals surface area contributed by atoms with Gasteiger partial charge >= 0.3 is 0 Å². The zero-order valence-electron chi connectivity index (χ0n) is 7.18. The number of hydrogen-bond donors (Lipinski definition) is 3. The third-order valence-corrected chi connectivity index (χ3v) is 2.43. The number of nitrogens with two attached hydrogens (primary N) is 1. The van der Waals surface area contributed by atoms with Crippen molar-refractivity contribution in [2.45, 2.75) is 44.1 Å². The molecule has 70 valence electrons. The highest BCUT2D eigenvalue weighted by Crippen LogP contribution is 2.30. The second-order valence-corrected chi connectivity index (χ2v) is 3.53. The highest BCUT2D eigenvalue weighted by atomic mass is 16.3. The molecule has 4 nitrogen and oxygen atoms in total. The van der Waals surface area contributed by atoms with Crippen LogP contribution in [-0.4, -0.2) is 16.6 Å². The lowest BCUT2D eigenvalue weighted by atomic mass is 9.82. The summed E-state index contributed by atoms with van der Waals surface area (Å²) in [6.07, 6.45) is 4.76. The quantitative estimate of drug-likeness (QED) is 0.313. The molecule has 0 aliphatic heterocycles. The summed E-state index contributed by atoms with van der Waals surface area (Å²) in [5.41, 5.74) is 1.25. The van der Waals surface area contributed by atoms with Crippen LogP contribution in [0.15, 0.2) is 0 Å². The average Bonchev–Trinajstić information content (AvgIpc) is 2.05. The molecule has 12 heavy (non-hydrogen) atoms. The van der Waals surface area contributed by atoms with Crippen molar-refractivity contribution >= 4 is 5.91 Å². The number of hydrazine groups is 1. The SMILES string of the molecule is NNC(=O)CC1(O)CCCCC1. The van der Waals surface area contributed by atoms with Crippen LogP contribution < -0.4 is 11.3 Å². The molecule has 1 aliphatic rings. The van der Waals surface area contributed by atoms with Crippen molar-refractivity contribution < 1.29 is 9.90 Å². The van der Waals surface area contributed by atoms with Crippen molar-refractivity contribution in [3.8, 4) is 0 Å². The van der Waals surface area contributed by atoms with Crippen molar-refractivity contribution in [3.63, 3.8) is 0 Å². The zero-order valence-corrected chi connectivity index (χ0v) is 7.18. The number of nitrogens with one attached hydrogen (secondary N) is 1. The van der Waals surface area contributed by atoms with E-state index >= 15 is 0 Å². The summed E-state index contributed by atoms with van der Waals surface area (Å²) in [7, 11) is 0. The number of aliphatic hydroxyl groups is 1. The Morgan fingerprint density at radius 3 is 2.50 bits per heavy atom. The molecule has 4 heteroatoms. The minimum atomic E-state index is -0.790. The molecule has 0 saturated heterocycles. The summed E-state index contributed by atoms with van der Waals surface area (Å²) in [5.74, 6) is 4.66. The summed E-state index contributed by atoms with van der Waals surface area (Å²) >= 11 is 0. The summed E-state index contributed by atoms with van der Waals surface area (Å²) in [6, 6.07) is 0. The maximum Gasteiger partial charge on any atom is 0.236 e. The van der Waals surface area contributed by atoms with Gasteiger partial charge in [-0.05, 0) is 12.8 Å². The number of carbonyl (C=O) groups is 1. The minimum absolute atomic E-state index is 0.142. The summed E-state index contributed by atoms with van der Waals surface area (Å²) in [4.78, 5) is 10.9. The van der Waals surface area contributed by atoms with Gasteiger partial charge in [-0.3, -0.25) is 10.2 Å². The Labute approximate surface area is 72.1 Å². The standard InChI is InChI=1S/C8H16N2O2/c9-10-7(11)6-8(12)4-2-1-3-5-8/h12H,1-6,9H2,(H,10,11). The third kappa shape index (κ3) is 2.46. The van der Waals surface area contributed by atoms with E-state index in [1.54, 1.807) is 0 Å². The molecule has 0 atom stereocenters. The Morgan fingerprint density at radius 2 is 2.00 bits per heavy atom. The molecular weight excluding hydrogens is 156 g/mol. The highest BCUT2D eigenvalue weighted by Gasteiger charge is 2.31. The smallest absolute Gasteiger partial charge is 0.236 e. The van der Waals surface area contributed by atoms with Gasteiger partial charge in [-0.15, -0.1) is 0 Å². The van der Waals surface area contributed by atoms with Crippen LogP contribution >= 0.6 is 0 Å². The maximum absolute atomic E-state index is 10.9. The molecular formula is C8H16N2O2. The van der Waals surface area contributed by atoms with E-state index in [1.165, 1.54) is 0 Å². The van der Waals surface area contributed by atoms with Crippen molar-refractivity contribution in [1.29, 1.82) is 0 Å². The van der Waals surface area contributed by atoms with E-state index in [0.29, 0.717) is 0 Å². The minimum Gasteiger partial charge on any atom is -0.389 e. The van der Waals surface area contributed by atoms with E-state index in [9.17, 15) is 9.90 Å². The van der Waals surface area contributed by atoms with Crippen molar-refractivity contribution in [2.75, 3.05) is 0 Å². The number of rotatable bonds is 2. The maximum atomic E-state index is 10.9. The number of carbonyl (C=O) groups excluding carboxylic acids is 1. The van der Waals surface area contributed by atoms with E-state index in [0.717, 1.165) is 32.1 Å². The Kier molecular flexibility index (Phi) is 3.05. The monoisotopic (exact) mass is 172 g/mol. The highest BCUT2D eigenvalue weighted by molar-refractivity contribution is 5.76. The van der Waals surface area contributed by atoms with Crippen molar-refractivity contribution in [1.82, 2.24) is 5.43 Å². The van der Waals surface area contributed by atoms with Crippen LogP contribution in [0.3, 0.4) is 0 Å². The third-order valence-electron chi connectivity index (χ3n) is 2.43. The molecule has 0 aromatic rings. The Morgan fingerprint density at radius 1 is 1.42 bits per heavy atom. The topological polar surface area (TPSA) is 75.3 Å². The van der Waals surface area contributed by atoms with Crippen LogP contribution in [0.5, 0.6) is 0 Å². The fourth-order valence-electron chi connectivity index (χ4n) is 1.74. The second-order valence-electron chi connectivity index (χ2n) is 3.53. The fourth-order valence-corrected chi connectivity index (χ4v) is 1.74. The van der Waals surface area contributed by atoms with Crippen LogP contribution in [0.25, 0.3) is 0 Å². The average molecular weight is 172 g/mol. The summed E-state index contributed by atoms with van der Waals surface area (Å²) < 4.78 is 0. The lowest BCUT2D eigenvalue weighted by molar-refractivity contribution is -0.127. The van der Waals surface area contributed by atoms with Gasteiger partial charge in [0, 0.05) is 0 Å². The summed E-state index contributed by atoms with van der Waals surface area (Å²) in [5, 5.41) is 9.86. The first kappa shape index (κ1) is 9.48. The zero-order chi connectivity index (χ0) is 9.03. The lowest BCUT2D eigenvalue weighted by Crippen LogP contribution is -2.40. The molecule has 1 saturated carbocycles. The summed E-state index contributed by atoms with van der Waals surface area (Å²) in [6.45, 7) is 0.